The maximum absolute atomic E-state index is 13.2. The number of amides is 1. The van der Waals surface area contributed by atoms with E-state index in [2.05, 4.69) is 43.5 Å². The number of piperidine rings is 1. The van der Waals surface area contributed by atoms with E-state index in [0.717, 1.165) is 26.1 Å². The molecule has 1 aliphatic carbocycles. The average Bonchev–Trinajstić information content (AvgIpc) is 3.59. The Balaban J connectivity index is 1.30. The van der Waals surface area contributed by atoms with Gasteiger partial charge in [0.2, 0.25) is 5.91 Å². The second kappa shape index (κ2) is 11.1. The number of ether oxygens (including phenoxy) is 1. The van der Waals surface area contributed by atoms with Crippen molar-refractivity contribution in [1.29, 1.82) is 0 Å². The molecule has 2 heterocycles. The zero-order valence-electron chi connectivity index (χ0n) is 24.0. The fourth-order valence-electron chi connectivity index (χ4n) is 5.55. The molecular weight excluding hydrogens is 547 g/mol. The van der Waals surface area contributed by atoms with Gasteiger partial charge in [0.1, 0.15) is 11.8 Å². The van der Waals surface area contributed by atoms with Gasteiger partial charge in [0.25, 0.3) is 0 Å². The van der Waals surface area contributed by atoms with Gasteiger partial charge in [-0.2, -0.15) is 0 Å². The number of carbonyl (C=O) groups is 1. The fourth-order valence-corrected chi connectivity index (χ4v) is 7.10. The molecule has 1 aromatic carbocycles. The third-order valence-electron chi connectivity index (χ3n) is 9.29. The Hall–Kier alpha value is -1.49. The molecule has 1 aromatic rings. The number of likely N-dealkylation sites (tertiary alicyclic amines) is 1. The molecule has 2 saturated heterocycles. The van der Waals surface area contributed by atoms with Crippen molar-refractivity contribution in [1.82, 2.24) is 9.80 Å². The van der Waals surface area contributed by atoms with Gasteiger partial charge in [-0.05, 0) is 81.4 Å². The predicted molar refractivity (Wildman–Crippen MR) is 151 cm³/mol. The second-order valence-corrected chi connectivity index (χ2v) is 18.2. The van der Waals surface area contributed by atoms with Crippen LogP contribution in [-0.2, 0) is 9.22 Å². The lowest BCUT2D eigenvalue weighted by molar-refractivity contribution is -0.274. The normalized spacial score (nSPS) is 24.4. The highest BCUT2D eigenvalue weighted by Gasteiger charge is 2.55. The Labute approximate surface area is 236 Å². The van der Waals surface area contributed by atoms with Gasteiger partial charge in [-0.15, -0.1) is 13.2 Å². The summed E-state index contributed by atoms with van der Waals surface area (Å²) in [5, 5.41) is 0.0553. The van der Waals surface area contributed by atoms with Crippen molar-refractivity contribution in [3.63, 3.8) is 0 Å². The maximum Gasteiger partial charge on any atom is 0.573 e. The molecule has 3 aliphatic rings. The van der Waals surface area contributed by atoms with Gasteiger partial charge in [-0.3, -0.25) is 4.79 Å². The Morgan fingerprint density at radius 1 is 1.08 bits per heavy atom. The number of alkyl halides is 3. The van der Waals surface area contributed by atoms with Crippen LogP contribution in [0, 0.1) is 5.41 Å². The zero-order chi connectivity index (χ0) is 28.8. The quantitative estimate of drug-likeness (QED) is 0.322. The molecule has 1 saturated carbocycles. The molecule has 1 amide bonds. The highest BCUT2D eigenvalue weighted by Crippen LogP contribution is 2.56. The van der Waals surface area contributed by atoms with Crippen molar-refractivity contribution in [2.45, 2.75) is 90.0 Å². The minimum atomic E-state index is -4.84. The molecule has 11 heteroatoms. The molecular formula is C28H43ClF3N3O3Si. The van der Waals surface area contributed by atoms with Crippen molar-refractivity contribution >= 4 is 31.5 Å². The highest BCUT2D eigenvalue weighted by atomic mass is 35.5. The summed E-state index contributed by atoms with van der Waals surface area (Å²) < 4.78 is 49.3. The number of carbonyl (C=O) groups excluding carboxylic acids is 1. The van der Waals surface area contributed by atoms with Crippen molar-refractivity contribution in [2.75, 3.05) is 44.2 Å². The molecule has 0 unspecified atom stereocenters. The van der Waals surface area contributed by atoms with Crippen molar-refractivity contribution in [3.8, 4) is 5.75 Å². The van der Waals surface area contributed by atoms with E-state index >= 15 is 0 Å². The molecule has 3 fully saturated rings. The number of hydrogen-bond donors (Lipinski definition) is 0. The summed E-state index contributed by atoms with van der Waals surface area (Å²) in [6, 6.07) is 3.75. The average molecular weight is 590 g/mol. The zero-order valence-corrected chi connectivity index (χ0v) is 25.8. The van der Waals surface area contributed by atoms with Crippen LogP contribution >= 0.6 is 11.6 Å². The smallest absolute Gasteiger partial charge is 0.412 e. The second-order valence-electron chi connectivity index (χ2n) is 13.0. The van der Waals surface area contributed by atoms with E-state index in [1.54, 1.807) is 17.9 Å². The summed E-state index contributed by atoms with van der Waals surface area (Å²) in [7, 11) is -1.85. The minimum Gasteiger partial charge on any atom is -0.412 e. The van der Waals surface area contributed by atoms with Crippen LogP contribution in [0.1, 0.15) is 53.4 Å². The molecule has 0 bridgehead atoms. The molecule has 2 aliphatic heterocycles. The topological polar surface area (TPSA) is 45.2 Å². The van der Waals surface area contributed by atoms with Crippen LogP contribution < -0.4 is 9.64 Å². The van der Waals surface area contributed by atoms with Gasteiger partial charge in [-0.1, -0.05) is 32.4 Å². The molecule has 6 nitrogen and oxygen atoms in total. The van der Waals surface area contributed by atoms with Crippen LogP contribution in [0.5, 0.6) is 5.75 Å². The summed E-state index contributed by atoms with van der Waals surface area (Å²) in [6.07, 6.45) is 0.0585. The lowest BCUT2D eigenvalue weighted by Gasteiger charge is -2.46. The molecule has 4 rings (SSSR count). The van der Waals surface area contributed by atoms with Gasteiger partial charge in [0.15, 0.2) is 8.32 Å². The van der Waals surface area contributed by atoms with E-state index in [0.29, 0.717) is 36.8 Å². The third kappa shape index (κ3) is 7.05. The Bertz CT molecular complexity index is 1050. The largest absolute Gasteiger partial charge is 0.573 e. The summed E-state index contributed by atoms with van der Waals surface area (Å²) in [4.78, 5) is 19.4. The first-order valence-corrected chi connectivity index (χ1v) is 17.3. The van der Waals surface area contributed by atoms with Crippen LogP contribution in [0.3, 0.4) is 0 Å². The monoisotopic (exact) mass is 589 g/mol. The van der Waals surface area contributed by atoms with Gasteiger partial charge in [0, 0.05) is 37.9 Å². The maximum atomic E-state index is 13.2. The molecule has 0 N–H and O–H groups in total. The SMILES string of the molecule is C[C@H]1C(=O)N(CCCN2CCC3(CC3)[C@H](O[Si](C)(C)C(C)(C)C)C2)CCN1c1ccc(Cl)c(OC(F)(F)F)c1. The number of rotatable bonds is 8. The number of anilines is 1. The summed E-state index contributed by atoms with van der Waals surface area (Å²) in [5.74, 6) is -0.488. The van der Waals surface area contributed by atoms with Crippen molar-refractivity contribution in [3.05, 3.63) is 23.2 Å². The van der Waals surface area contributed by atoms with Gasteiger partial charge in [-0.25, -0.2) is 0 Å². The summed E-state index contributed by atoms with van der Waals surface area (Å²) in [6.45, 7) is 18.0. The number of nitrogens with zero attached hydrogens (tertiary/aromatic N) is 3. The van der Waals surface area contributed by atoms with E-state index in [1.807, 2.05) is 4.90 Å². The number of benzene rings is 1. The van der Waals surface area contributed by atoms with E-state index in [4.69, 9.17) is 16.0 Å². The lowest BCUT2D eigenvalue weighted by Crippen LogP contribution is -2.56. The standard InChI is InChI=1S/C28H43ClF3N3O3Si/c1-20-25(36)34(16-17-35(20)21-8-9-22(29)23(18-21)37-28(30,31)32)14-7-13-33-15-12-27(10-11-27)24(19-33)38-39(5,6)26(2,3)4/h8-9,18,20,24H,7,10-17,19H2,1-6H3/t20-,24+/m0/s1. The summed E-state index contributed by atoms with van der Waals surface area (Å²) in [5.41, 5.74) is 0.856. The highest BCUT2D eigenvalue weighted by molar-refractivity contribution is 6.74. The van der Waals surface area contributed by atoms with Crippen LogP contribution in [0.25, 0.3) is 0 Å². The van der Waals surface area contributed by atoms with Crippen LogP contribution in [0.4, 0.5) is 18.9 Å². The third-order valence-corrected chi connectivity index (χ3v) is 14.1. The molecule has 2 atom stereocenters. The van der Waals surface area contributed by atoms with Crippen LogP contribution in [0.2, 0.25) is 23.2 Å². The van der Waals surface area contributed by atoms with Crippen LogP contribution in [-0.4, -0.2) is 81.8 Å². The van der Waals surface area contributed by atoms with Crippen LogP contribution in [0.15, 0.2) is 18.2 Å². The van der Waals surface area contributed by atoms with E-state index in [-0.39, 0.29) is 16.0 Å². The molecule has 0 aromatic heterocycles. The first-order chi connectivity index (χ1) is 18.0. The predicted octanol–water partition coefficient (Wildman–Crippen LogP) is 6.54. The Kier molecular flexibility index (Phi) is 8.64. The van der Waals surface area contributed by atoms with Gasteiger partial charge < -0.3 is 23.9 Å². The van der Waals surface area contributed by atoms with E-state index in [9.17, 15) is 18.0 Å². The van der Waals surface area contributed by atoms with E-state index in [1.165, 1.54) is 31.4 Å². The van der Waals surface area contributed by atoms with Gasteiger partial charge >= 0.3 is 6.36 Å². The van der Waals surface area contributed by atoms with E-state index < -0.39 is 26.5 Å². The fraction of sp³-hybridized carbons (Fsp3) is 0.750. The van der Waals surface area contributed by atoms with Crippen molar-refractivity contribution in [2.24, 2.45) is 5.41 Å². The van der Waals surface area contributed by atoms with Crippen molar-refractivity contribution < 1.29 is 27.1 Å². The molecule has 0 radical (unpaired) electrons. The molecule has 39 heavy (non-hydrogen) atoms. The number of halogens is 4. The first kappa shape index (κ1) is 30.5. The molecule has 1 spiro atoms. The van der Waals surface area contributed by atoms with Gasteiger partial charge in [0.05, 0.1) is 11.1 Å². The minimum absolute atomic E-state index is 0.0239. The molecule has 220 valence electrons. The number of hydrogen-bond acceptors (Lipinski definition) is 5. The Morgan fingerprint density at radius 3 is 2.38 bits per heavy atom. The lowest BCUT2D eigenvalue weighted by atomic mass is 9.90. The Morgan fingerprint density at radius 2 is 1.77 bits per heavy atom. The summed E-state index contributed by atoms with van der Waals surface area (Å²) >= 11 is 5.90. The first-order valence-electron chi connectivity index (χ1n) is 14.0. The number of piperazine rings is 1.